The van der Waals surface area contributed by atoms with Gasteiger partial charge in [0.1, 0.15) is 0 Å². The van der Waals surface area contributed by atoms with Gasteiger partial charge in [0.25, 0.3) is 0 Å². The number of nitrogens with two attached hydrogens (primary N) is 1. The van der Waals surface area contributed by atoms with Gasteiger partial charge >= 0.3 is 0 Å². The van der Waals surface area contributed by atoms with Gasteiger partial charge in [-0.15, -0.1) is 11.3 Å². The van der Waals surface area contributed by atoms with Gasteiger partial charge in [-0.25, -0.2) is 0 Å². The minimum absolute atomic E-state index is 0.000149. The van der Waals surface area contributed by atoms with E-state index in [-0.39, 0.29) is 6.61 Å². The van der Waals surface area contributed by atoms with E-state index >= 15 is 0 Å². The molecule has 0 aliphatic rings. The SMILES string of the molecule is NC(=O)c1csc(CNc2ccccc2CO)c1. The molecule has 1 amide bonds. The first-order chi connectivity index (χ1) is 8.70. The van der Waals surface area contributed by atoms with Gasteiger partial charge in [-0.1, -0.05) is 18.2 Å². The molecule has 1 heterocycles. The number of hydrogen-bond donors (Lipinski definition) is 3. The topological polar surface area (TPSA) is 75.4 Å². The summed E-state index contributed by atoms with van der Waals surface area (Å²) in [5.41, 5.74) is 7.48. The Balaban J connectivity index is 2.04. The predicted molar refractivity (Wildman–Crippen MR) is 72.5 cm³/mol. The largest absolute Gasteiger partial charge is 0.392 e. The van der Waals surface area contributed by atoms with Gasteiger partial charge in [-0.3, -0.25) is 4.79 Å². The van der Waals surface area contributed by atoms with E-state index in [2.05, 4.69) is 5.32 Å². The molecule has 0 saturated carbocycles. The molecular formula is C13H14N2O2S. The maximum Gasteiger partial charge on any atom is 0.249 e. The second kappa shape index (κ2) is 5.66. The Morgan fingerprint density at radius 3 is 2.83 bits per heavy atom. The highest BCUT2D eigenvalue weighted by molar-refractivity contribution is 7.10. The van der Waals surface area contributed by atoms with Gasteiger partial charge < -0.3 is 16.2 Å². The van der Waals surface area contributed by atoms with E-state index in [1.807, 2.05) is 24.3 Å². The van der Waals surface area contributed by atoms with Gasteiger partial charge in [-0.2, -0.15) is 0 Å². The highest BCUT2D eigenvalue weighted by Crippen LogP contribution is 2.19. The molecule has 0 unspecified atom stereocenters. The summed E-state index contributed by atoms with van der Waals surface area (Å²) in [5, 5.41) is 14.2. The van der Waals surface area contributed by atoms with Crippen LogP contribution in [0.2, 0.25) is 0 Å². The average molecular weight is 262 g/mol. The molecule has 1 aromatic heterocycles. The van der Waals surface area contributed by atoms with E-state index in [0.717, 1.165) is 16.1 Å². The lowest BCUT2D eigenvalue weighted by Crippen LogP contribution is -2.09. The molecule has 0 radical (unpaired) electrons. The van der Waals surface area contributed by atoms with Crippen LogP contribution in [-0.2, 0) is 13.2 Å². The molecule has 2 rings (SSSR count). The number of benzene rings is 1. The second-order valence-electron chi connectivity index (χ2n) is 3.83. The first-order valence-corrected chi connectivity index (χ1v) is 6.38. The van der Waals surface area contributed by atoms with Crippen molar-refractivity contribution in [3.05, 3.63) is 51.7 Å². The number of aliphatic hydroxyl groups excluding tert-OH is 1. The standard InChI is InChI=1S/C13H14N2O2S/c14-13(17)10-5-11(18-8-10)6-15-12-4-2-1-3-9(12)7-16/h1-5,8,15-16H,6-7H2,(H2,14,17). The molecule has 94 valence electrons. The third-order valence-electron chi connectivity index (χ3n) is 2.58. The maximum absolute atomic E-state index is 11.0. The summed E-state index contributed by atoms with van der Waals surface area (Å²) < 4.78 is 0. The molecule has 0 saturated heterocycles. The molecule has 1 aromatic carbocycles. The molecule has 18 heavy (non-hydrogen) atoms. The van der Waals surface area contributed by atoms with Crippen LogP contribution in [0.15, 0.2) is 35.7 Å². The number of amides is 1. The zero-order chi connectivity index (χ0) is 13.0. The number of carbonyl (C=O) groups is 1. The molecule has 2 aromatic rings. The van der Waals surface area contributed by atoms with E-state index in [4.69, 9.17) is 5.73 Å². The first-order valence-electron chi connectivity index (χ1n) is 5.50. The van der Waals surface area contributed by atoms with Crippen LogP contribution in [0.1, 0.15) is 20.8 Å². The van der Waals surface area contributed by atoms with Gasteiger partial charge in [0.05, 0.1) is 12.2 Å². The van der Waals surface area contributed by atoms with E-state index in [0.29, 0.717) is 12.1 Å². The number of aliphatic hydroxyl groups is 1. The molecule has 4 N–H and O–H groups in total. The Morgan fingerprint density at radius 2 is 2.17 bits per heavy atom. The highest BCUT2D eigenvalue weighted by Gasteiger charge is 2.05. The number of primary amides is 1. The summed E-state index contributed by atoms with van der Waals surface area (Å²) in [6, 6.07) is 9.35. The molecule has 0 aliphatic carbocycles. The quantitative estimate of drug-likeness (QED) is 0.771. The van der Waals surface area contributed by atoms with E-state index < -0.39 is 5.91 Å². The number of carbonyl (C=O) groups excluding carboxylic acids is 1. The zero-order valence-electron chi connectivity index (χ0n) is 9.72. The van der Waals surface area contributed by atoms with Gasteiger partial charge in [0.15, 0.2) is 0 Å². The number of nitrogens with one attached hydrogen (secondary N) is 1. The van der Waals surface area contributed by atoms with Crippen molar-refractivity contribution in [2.24, 2.45) is 5.73 Å². The van der Waals surface area contributed by atoms with Crippen LogP contribution in [0.4, 0.5) is 5.69 Å². The predicted octanol–water partition coefficient (Wildman–Crippen LogP) is 1.95. The number of anilines is 1. The van der Waals surface area contributed by atoms with Crippen molar-refractivity contribution in [2.45, 2.75) is 13.2 Å². The van der Waals surface area contributed by atoms with Crippen LogP contribution in [-0.4, -0.2) is 11.0 Å². The molecule has 4 nitrogen and oxygen atoms in total. The van der Waals surface area contributed by atoms with Gasteiger partial charge in [0, 0.05) is 28.1 Å². The Hall–Kier alpha value is -1.85. The van der Waals surface area contributed by atoms with E-state index in [1.54, 1.807) is 11.4 Å². The van der Waals surface area contributed by atoms with Crippen molar-refractivity contribution < 1.29 is 9.90 Å². The molecule has 0 spiro atoms. The van der Waals surface area contributed by atoms with Crippen LogP contribution < -0.4 is 11.1 Å². The smallest absolute Gasteiger partial charge is 0.249 e. The lowest BCUT2D eigenvalue weighted by atomic mass is 10.2. The van der Waals surface area contributed by atoms with E-state index in [9.17, 15) is 9.90 Å². The molecule has 0 bridgehead atoms. The molecule has 0 atom stereocenters. The highest BCUT2D eigenvalue weighted by atomic mass is 32.1. The average Bonchev–Trinajstić information content (AvgIpc) is 2.85. The van der Waals surface area contributed by atoms with Gasteiger partial charge in [-0.05, 0) is 12.1 Å². The Morgan fingerprint density at radius 1 is 1.39 bits per heavy atom. The Bertz CT molecular complexity index is 551. The molecular weight excluding hydrogens is 248 g/mol. The number of para-hydroxylation sites is 1. The summed E-state index contributed by atoms with van der Waals surface area (Å²) in [7, 11) is 0. The third-order valence-corrected chi connectivity index (χ3v) is 3.52. The lowest BCUT2D eigenvalue weighted by molar-refractivity contribution is 0.100. The summed E-state index contributed by atoms with van der Waals surface area (Å²) in [5.74, 6) is -0.409. The Labute approximate surface area is 109 Å². The first kappa shape index (κ1) is 12.6. The van der Waals surface area contributed by atoms with Gasteiger partial charge in [0.2, 0.25) is 5.91 Å². The minimum Gasteiger partial charge on any atom is -0.392 e. The van der Waals surface area contributed by atoms with Crippen molar-refractivity contribution in [3.63, 3.8) is 0 Å². The summed E-state index contributed by atoms with van der Waals surface area (Å²) in [6.07, 6.45) is 0. The summed E-state index contributed by atoms with van der Waals surface area (Å²) in [6.45, 7) is 0.606. The number of thiophene rings is 1. The monoisotopic (exact) mass is 262 g/mol. The van der Waals surface area contributed by atoms with Crippen LogP contribution in [0.25, 0.3) is 0 Å². The molecule has 0 aliphatic heterocycles. The van der Waals surface area contributed by atoms with E-state index in [1.165, 1.54) is 11.3 Å². The Kier molecular flexibility index (Phi) is 3.96. The van der Waals surface area contributed by atoms with Crippen LogP contribution in [0.3, 0.4) is 0 Å². The fraction of sp³-hybridized carbons (Fsp3) is 0.154. The molecule has 5 heteroatoms. The summed E-state index contributed by atoms with van der Waals surface area (Å²) in [4.78, 5) is 12.0. The third kappa shape index (κ3) is 2.88. The summed E-state index contributed by atoms with van der Waals surface area (Å²) >= 11 is 1.48. The van der Waals surface area contributed by atoms with Crippen molar-refractivity contribution in [1.82, 2.24) is 0 Å². The number of hydrogen-bond acceptors (Lipinski definition) is 4. The van der Waals surface area contributed by atoms with Crippen LogP contribution in [0.5, 0.6) is 0 Å². The van der Waals surface area contributed by atoms with Crippen molar-refractivity contribution in [2.75, 3.05) is 5.32 Å². The minimum atomic E-state index is -0.409. The van der Waals surface area contributed by atoms with Crippen molar-refractivity contribution in [3.8, 4) is 0 Å². The fourth-order valence-electron chi connectivity index (χ4n) is 1.62. The van der Waals surface area contributed by atoms with Crippen molar-refractivity contribution in [1.29, 1.82) is 0 Å². The number of rotatable bonds is 5. The normalized spacial score (nSPS) is 10.3. The maximum atomic E-state index is 11.0. The fourth-order valence-corrected chi connectivity index (χ4v) is 2.43. The molecule has 0 fully saturated rings. The van der Waals surface area contributed by atoms with Crippen LogP contribution in [0, 0.1) is 0 Å². The van der Waals surface area contributed by atoms with Crippen molar-refractivity contribution >= 4 is 22.9 Å². The lowest BCUT2D eigenvalue weighted by Gasteiger charge is -2.09. The zero-order valence-corrected chi connectivity index (χ0v) is 10.5. The second-order valence-corrected chi connectivity index (χ2v) is 4.83. The van der Waals surface area contributed by atoms with Crippen LogP contribution >= 0.6 is 11.3 Å².